The fraction of sp³-hybridized carbons (Fsp3) is 0.634. The van der Waals surface area contributed by atoms with Crippen molar-refractivity contribution in [3.05, 3.63) is 42.6 Å². The van der Waals surface area contributed by atoms with Gasteiger partial charge >= 0.3 is 5.97 Å². The van der Waals surface area contributed by atoms with Crippen LogP contribution in [0.25, 0.3) is 10.9 Å². The molecule has 1 aromatic carbocycles. The highest BCUT2D eigenvalue weighted by Gasteiger charge is 2.63. The summed E-state index contributed by atoms with van der Waals surface area (Å²) in [7, 11) is -2.76. The standard InChI is InChI=1S/C41H54FN3O9S/c1-25-9-7-8-10-28-20-41(28,38(49)44-55(50,51)40(24-42)13-14-40)21-35(46)34-18-31(53-30-17-27-16-29(52-6)11-12-33(27)43-22-30)23-45(34)37(48)32(26(2)15-25)19-36(47)54-39(3,4)5/h8,10-12,16-17,22,25-26,28,31-32,34H,7,9,13-15,18-21,23-24H2,1-6H3,(H,44,49)/b10-8-/t25-,26-,28-,31-,32+,34+,41-/m1/s1. The van der Waals surface area contributed by atoms with Crippen LogP contribution in [-0.2, 0) is 33.9 Å². The number of nitrogens with zero attached hydrogens (tertiary/aromatic N) is 2. The maximum Gasteiger partial charge on any atom is 0.307 e. The Morgan fingerprint density at radius 2 is 1.82 bits per heavy atom. The number of carbonyl (C=O) groups is 4. The van der Waals surface area contributed by atoms with Gasteiger partial charge in [-0.1, -0.05) is 26.0 Å². The number of nitrogens with one attached hydrogen (secondary N) is 1. The van der Waals surface area contributed by atoms with Gasteiger partial charge in [0.25, 0.3) is 0 Å². The van der Waals surface area contributed by atoms with Crippen LogP contribution >= 0.6 is 0 Å². The molecule has 1 saturated heterocycles. The van der Waals surface area contributed by atoms with E-state index in [0.717, 1.165) is 17.3 Å². The van der Waals surface area contributed by atoms with Crippen molar-refractivity contribution in [2.24, 2.45) is 29.1 Å². The van der Waals surface area contributed by atoms with E-state index in [1.165, 1.54) is 4.90 Å². The molecule has 4 aliphatic rings. The third-order valence-electron chi connectivity index (χ3n) is 11.8. The predicted octanol–water partition coefficient (Wildman–Crippen LogP) is 5.87. The van der Waals surface area contributed by atoms with Gasteiger partial charge in [0.1, 0.15) is 34.6 Å². The molecule has 14 heteroatoms. The van der Waals surface area contributed by atoms with Crippen molar-refractivity contribution in [2.45, 2.75) is 115 Å². The number of hydrogen-bond donors (Lipinski definition) is 1. The van der Waals surface area contributed by atoms with Crippen LogP contribution in [-0.4, -0.2) is 84.7 Å². The lowest BCUT2D eigenvalue weighted by atomic mass is 9.82. The number of ketones is 1. The maximum atomic E-state index is 14.8. The number of amides is 2. The molecule has 2 aromatic rings. The fourth-order valence-corrected chi connectivity index (χ4v) is 9.72. The van der Waals surface area contributed by atoms with Crippen molar-refractivity contribution in [2.75, 3.05) is 20.3 Å². The minimum atomic E-state index is -4.33. The number of ether oxygens (including phenoxy) is 3. The lowest BCUT2D eigenvalue weighted by Gasteiger charge is -2.32. The molecule has 3 fully saturated rings. The molecule has 1 N–H and O–H groups in total. The van der Waals surface area contributed by atoms with E-state index in [-0.39, 0.29) is 62.8 Å². The normalized spacial score (nSPS) is 30.3. The highest BCUT2D eigenvalue weighted by Crippen LogP contribution is 2.58. The average molecular weight is 784 g/mol. The zero-order valence-corrected chi connectivity index (χ0v) is 33.5. The molecule has 6 rings (SSSR count). The van der Waals surface area contributed by atoms with Crippen molar-refractivity contribution in [1.82, 2.24) is 14.6 Å². The lowest BCUT2D eigenvalue weighted by molar-refractivity contribution is -0.160. The molecular formula is C41H54FN3O9S. The molecule has 3 heterocycles. The number of halogens is 1. The van der Waals surface area contributed by atoms with Crippen molar-refractivity contribution >= 4 is 44.5 Å². The third kappa shape index (κ3) is 8.84. The maximum absolute atomic E-state index is 14.8. The van der Waals surface area contributed by atoms with Gasteiger partial charge in [-0.25, -0.2) is 12.8 Å². The van der Waals surface area contributed by atoms with E-state index in [1.807, 2.05) is 37.3 Å². The molecule has 2 aliphatic heterocycles. The fourth-order valence-electron chi connectivity index (χ4n) is 8.28. The molecule has 300 valence electrons. The predicted molar refractivity (Wildman–Crippen MR) is 203 cm³/mol. The summed E-state index contributed by atoms with van der Waals surface area (Å²) in [4.78, 5) is 62.6. The van der Waals surface area contributed by atoms with Gasteiger partial charge in [0.2, 0.25) is 21.8 Å². The van der Waals surface area contributed by atoms with Crippen LogP contribution in [0.2, 0.25) is 0 Å². The summed E-state index contributed by atoms with van der Waals surface area (Å²) in [6.07, 6.45) is 6.95. The largest absolute Gasteiger partial charge is 0.497 e. The first-order valence-corrected chi connectivity index (χ1v) is 20.8. The third-order valence-corrected chi connectivity index (χ3v) is 13.9. The van der Waals surface area contributed by atoms with Gasteiger partial charge in [0.05, 0.1) is 49.2 Å². The summed E-state index contributed by atoms with van der Waals surface area (Å²) in [6, 6.07) is 6.25. The van der Waals surface area contributed by atoms with Crippen molar-refractivity contribution < 1.29 is 46.2 Å². The van der Waals surface area contributed by atoms with Crippen LogP contribution in [0.15, 0.2) is 42.6 Å². The second kappa shape index (κ2) is 15.5. The smallest absolute Gasteiger partial charge is 0.307 e. The van der Waals surface area contributed by atoms with E-state index in [1.54, 1.807) is 40.1 Å². The van der Waals surface area contributed by atoms with Gasteiger partial charge < -0.3 is 19.1 Å². The number of pyridine rings is 1. The molecule has 0 unspecified atom stereocenters. The van der Waals surface area contributed by atoms with Gasteiger partial charge in [0.15, 0.2) is 5.78 Å². The number of benzene rings is 1. The van der Waals surface area contributed by atoms with Crippen molar-refractivity contribution in [1.29, 1.82) is 0 Å². The van der Waals surface area contributed by atoms with Crippen LogP contribution in [0.4, 0.5) is 4.39 Å². The zero-order valence-electron chi connectivity index (χ0n) is 32.6. The van der Waals surface area contributed by atoms with Crippen LogP contribution in [0.3, 0.4) is 0 Å². The summed E-state index contributed by atoms with van der Waals surface area (Å²) in [5.41, 5.74) is -1.42. The number of fused-ring (bicyclic) bond motifs is 3. The molecule has 2 aliphatic carbocycles. The molecular weight excluding hydrogens is 730 g/mol. The molecule has 2 amide bonds. The lowest BCUT2D eigenvalue weighted by Crippen LogP contribution is -2.48. The van der Waals surface area contributed by atoms with Gasteiger partial charge in [-0.3, -0.25) is 28.9 Å². The number of methoxy groups -OCH3 is 1. The first-order valence-electron chi connectivity index (χ1n) is 19.3. The number of Topliss-reactive ketones (excluding diaryl/α,β-unsaturated/α-hetero) is 1. The Morgan fingerprint density at radius 1 is 1.09 bits per heavy atom. The van der Waals surface area contributed by atoms with Gasteiger partial charge in [-0.05, 0) is 101 Å². The van der Waals surface area contributed by atoms with Crippen LogP contribution < -0.4 is 14.2 Å². The molecule has 1 aromatic heterocycles. The average Bonchev–Trinajstić information content (AvgIpc) is 4.02. The highest BCUT2D eigenvalue weighted by molar-refractivity contribution is 7.91. The number of allylic oxidation sites excluding steroid dienone is 2. The minimum Gasteiger partial charge on any atom is -0.497 e. The monoisotopic (exact) mass is 783 g/mol. The molecule has 12 nitrogen and oxygen atoms in total. The molecule has 0 spiro atoms. The minimum absolute atomic E-state index is 0.0361. The highest BCUT2D eigenvalue weighted by atomic mass is 32.2. The molecule has 55 heavy (non-hydrogen) atoms. The molecule has 0 radical (unpaired) electrons. The Balaban J connectivity index is 1.33. The second-order valence-corrected chi connectivity index (χ2v) is 19.4. The Labute approximate surface area is 323 Å². The van der Waals surface area contributed by atoms with Gasteiger partial charge in [-0.2, -0.15) is 0 Å². The van der Waals surface area contributed by atoms with Crippen molar-refractivity contribution in [3.63, 3.8) is 0 Å². The summed E-state index contributed by atoms with van der Waals surface area (Å²) in [6.45, 7) is 8.27. The number of carbonyl (C=O) groups excluding carboxylic acids is 4. The van der Waals surface area contributed by atoms with Gasteiger partial charge in [0, 0.05) is 18.2 Å². The first kappa shape index (κ1) is 40.6. The molecule has 7 atom stereocenters. The summed E-state index contributed by atoms with van der Waals surface area (Å²) in [5, 5.41) is 0.772. The second-order valence-electron chi connectivity index (χ2n) is 17.3. The van der Waals surface area contributed by atoms with Gasteiger partial charge in [-0.15, -0.1) is 0 Å². The van der Waals surface area contributed by atoms with Crippen LogP contribution in [0.1, 0.15) is 92.4 Å². The molecule has 2 saturated carbocycles. The van der Waals surface area contributed by atoms with E-state index in [4.69, 9.17) is 14.2 Å². The quantitative estimate of drug-likeness (QED) is 0.241. The first-order chi connectivity index (χ1) is 25.9. The Bertz CT molecular complexity index is 1960. The number of sulfonamides is 1. The number of esters is 1. The van der Waals surface area contributed by atoms with Crippen molar-refractivity contribution in [3.8, 4) is 11.5 Å². The van der Waals surface area contributed by atoms with E-state index >= 15 is 0 Å². The summed E-state index contributed by atoms with van der Waals surface area (Å²) >= 11 is 0. The summed E-state index contributed by atoms with van der Waals surface area (Å²) < 4.78 is 58.2. The number of alkyl halides is 1. The van der Waals surface area contributed by atoms with E-state index in [9.17, 15) is 32.0 Å². The van der Waals surface area contributed by atoms with E-state index in [2.05, 4.69) is 16.6 Å². The zero-order chi connectivity index (χ0) is 39.9. The number of aromatic nitrogens is 1. The Kier molecular flexibility index (Phi) is 11.4. The Hall–Kier alpha value is -4.07. The SMILES string of the molecule is COc1ccc2ncc(O[C@@H]3C[C@H]4C(=O)C[C@]5(C(=O)NS(=O)(=O)C6(CF)CC6)C[C@H]5/C=C\CC[C@@H](C)C[C@@H](C)[C@H](CC(=O)OC(C)(C)C)C(=O)N4C3)cc2c1. The topological polar surface area (TPSA) is 158 Å². The summed E-state index contributed by atoms with van der Waals surface area (Å²) in [5.74, 6) is -2.33. The number of rotatable bonds is 9. The van der Waals surface area contributed by atoms with E-state index in [0.29, 0.717) is 24.3 Å². The van der Waals surface area contributed by atoms with E-state index < -0.39 is 74.1 Å². The van der Waals surface area contributed by atoms with Crippen LogP contribution in [0.5, 0.6) is 11.5 Å². The van der Waals surface area contributed by atoms with Crippen LogP contribution in [0, 0.1) is 29.1 Å². The number of hydrogen-bond acceptors (Lipinski definition) is 10. The Morgan fingerprint density at radius 3 is 2.49 bits per heavy atom. The molecule has 0 bridgehead atoms.